The summed E-state index contributed by atoms with van der Waals surface area (Å²) in [5, 5.41) is 12.5. The maximum Gasteiger partial charge on any atom is 0.270 e. The molecule has 2 heterocycles. The normalized spacial score (nSPS) is 40.6. The number of aromatic nitrogens is 2. The SMILES string of the molecule is [2H]C([2H])(Oc1nsnc1N1C([2H])([2H])C([2H])([2H])OC([2H])([2H])C1([2H])[2H])[C@@H](O)CNC(C)(C([2H])([2H])[2H])C([2H])([2H])[2H]. The first-order chi connectivity index (χ1) is 16.2. The van der Waals surface area contributed by atoms with Crippen molar-refractivity contribution in [1.82, 2.24) is 14.1 Å². The molecule has 0 bridgehead atoms. The van der Waals surface area contributed by atoms with E-state index in [2.05, 4.69) is 18.8 Å². The fourth-order valence-electron chi connectivity index (χ4n) is 1.14. The van der Waals surface area contributed by atoms with Gasteiger partial charge in [-0.05, 0) is 20.6 Å². The maximum absolute atomic E-state index is 10.4. The molecule has 1 atom stereocenters. The van der Waals surface area contributed by atoms with Crippen LogP contribution in [0.15, 0.2) is 0 Å². The van der Waals surface area contributed by atoms with Crippen LogP contribution >= 0.6 is 11.7 Å². The number of rotatable bonds is 6. The van der Waals surface area contributed by atoms with Gasteiger partial charge < -0.3 is 24.8 Å². The number of hydrogen-bond donors (Lipinski definition) is 2. The minimum Gasteiger partial charge on any atom is -0.472 e. The Morgan fingerprint density at radius 1 is 1.62 bits per heavy atom. The minimum atomic E-state index is -3.44. The molecule has 0 unspecified atom stereocenters. The summed E-state index contributed by atoms with van der Waals surface area (Å²) in [5.41, 5.74) is -2.57. The van der Waals surface area contributed by atoms with Gasteiger partial charge >= 0.3 is 0 Å². The highest BCUT2D eigenvalue weighted by Gasteiger charge is 2.21. The molecule has 1 aromatic heterocycles. The van der Waals surface area contributed by atoms with Crippen molar-refractivity contribution in [3.63, 3.8) is 0 Å². The molecule has 0 aromatic carbocycles. The van der Waals surface area contributed by atoms with E-state index in [0.717, 1.165) is 6.92 Å². The third kappa shape index (κ3) is 5.39. The van der Waals surface area contributed by atoms with Crippen LogP contribution in [0.25, 0.3) is 0 Å². The van der Waals surface area contributed by atoms with E-state index in [9.17, 15) is 5.11 Å². The molecule has 120 valence electrons. The van der Waals surface area contributed by atoms with Gasteiger partial charge in [-0.15, -0.1) is 4.37 Å². The first-order valence-corrected chi connectivity index (χ1v) is 6.34. The first kappa shape index (κ1) is 5.30. The largest absolute Gasteiger partial charge is 0.472 e. The molecule has 21 heavy (non-hydrogen) atoms. The Labute approximate surface area is 152 Å². The first-order valence-electron chi connectivity index (χ1n) is 13.6. The number of aliphatic hydroxyl groups is 1. The van der Waals surface area contributed by atoms with E-state index in [-0.39, 0.29) is 16.6 Å². The second-order valence-corrected chi connectivity index (χ2v) is 4.53. The van der Waals surface area contributed by atoms with Crippen LogP contribution in [0.4, 0.5) is 5.82 Å². The average molecular weight is 333 g/mol. The number of anilines is 1. The van der Waals surface area contributed by atoms with Crippen molar-refractivity contribution in [1.29, 1.82) is 0 Å². The second-order valence-electron chi connectivity index (χ2n) is 4.00. The van der Waals surface area contributed by atoms with Crippen LogP contribution in [-0.4, -0.2) is 64.7 Å². The van der Waals surface area contributed by atoms with E-state index in [1.807, 2.05) is 0 Å². The number of ether oxygens (including phenoxy) is 2. The summed E-state index contributed by atoms with van der Waals surface area (Å²) >= 11 is 0.240. The van der Waals surface area contributed by atoms with Crippen LogP contribution < -0.4 is 15.0 Å². The van der Waals surface area contributed by atoms with Gasteiger partial charge in [0.1, 0.15) is 12.7 Å². The van der Waals surface area contributed by atoms with Crippen molar-refractivity contribution < 1.29 is 36.5 Å². The number of aliphatic hydroxyl groups excluding tert-OH is 1. The van der Waals surface area contributed by atoms with Gasteiger partial charge in [0.15, 0.2) is 0 Å². The van der Waals surface area contributed by atoms with E-state index >= 15 is 0 Å². The molecular formula is C13H24N4O3S. The quantitative estimate of drug-likeness (QED) is 0.785. The molecule has 0 saturated carbocycles. The molecule has 1 saturated heterocycles. The van der Waals surface area contributed by atoms with Crippen molar-refractivity contribution in [3.05, 3.63) is 0 Å². The maximum atomic E-state index is 10.4. The highest BCUT2D eigenvalue weighted by Crippen LogP contribution is 2.26. The molecule has 1 fully saturated rings. The van der Waals surface area contributed by atoms with Crippen LogP contribution in [0.3, 0.4) is 0 Å². The zero-order valence-electron chi connectivity index (χ0n) is 26.8. The minimum absolute atomic E-state index is 0.0939. The highest BCUT2D eigenvalue weighted by atomic mass is 32.1. The molecule has 1 aliphatic heterocycles. The zero-order valence-corrected chi connectivity index (χ0v) is 11.6. The van der Waals surface area contributed by atoms with Gasteiger partial charge in [-0.2, -0.15) is 4.37 Å². The average Bonchev–Trinajstić information content (AvgIpc) is 3.08. The summed E-state index contributed by atoms with van der Waals surface area (Å²) in [6, 6.07) is 0. The predicted molar refractivity (Wildman–Crippen MR) is 82.2 cm³/mol. The van der Waals surface area contributed by atoms with Crippen LogP contribution in [0.1, 0.15) is 42.6 Å². The lowest BCUT2D eigenvalue weighted by molar-refractivity contribution is 0.0975. The third-order valence-electron chi connectivity index (χ3n) is 2.01. The third-order valence-corrected chi connectivity index (χ3v) is 2.51. The second kappa shape index (κ2) is 7.35. The van der Waals surface area contributed by atoms with E-state index in [0.29, 0.717) is 0 Å². The lowest BCUT2D eigenvalue weighted by Crippen LogP contribution is -2.42. The lowest BCUT2D eigenvalue weighted by Gasteiger charge is -2.27. The van der Waals surface area contributed by atoms with Crippen molar-refractivity contribution >= 4 is 17.5 Å². The molecule has 1 aliphatic rings. The fourth-order valence-corrected chi connectivity index (χ4v) is 1.61. The standard InChI is InChI=1S/C13H24N4O3S/c1-13(2,3)14-8-10(18)9-20-12-11(15-21-16-12)17-4-6-19-7-5-17/h10,14,18H,4-9H2,1-3H3/t10-/m0/s1/i1D3,2D3,4D2,5D2,6D2,7D2,9D2. The summed E-state index contributed by atoms with van der Waals surface area (Å²) in [4.78, 5) is -0.0939. The van der Waals surface area contributed by atoms with Crippen LogP contribution in [0, 0.1) is 0 Å². The fraction of sp³-hybridized carbons (Fsp3) is 0.846. The van der Waals surface area contributed by atoms with E-state index < -0.39 is 76.3 Å². The molecule has 2 rings (SSSR count). The van der Waals surface area contributed by atoms with Gasteiger partial charge in [0.2, 0.25) is 5.82 Å². The summed E-state index contributed by atoms with van der Waals surface area (Å²) in [6.45, 7) is -23.3. The lowest BCUT2D eigenvalue weighted by atomic mass is 10.1. The number of β-amino-alcohol motifs (C(OH)–C–C–N with tert-alkyl or cyclic N) is 1. The summed E-state index contributed by atoms with van der Waals surface area (Å²) in [6.07, 6.45) is -2.28. The van der Waals surface area contributed by atoms with Crippen molar-refractivity contribution in [2.24, 2.45) is 0 Å². The molecule has 0 amide bonds. The molecule has 7 nitrogen and oxygen atoms in total. The predicted octanol–water partition coefficient (Wildman–Crippen LogP) is 0.502. The van der Waals surface area contributed by atoms with Crippen molar-refractivity contribution in [2.75, 3.05) is 44.1 Å². The zero-order chi connectivity index (χ0) is 29.3. The topological polar surface area (TPSA) is 79.7 Å². The van der Waals surface area contributed by atoms with Gasteiger partial charge in [0.05, 0.1) is 38.6 Å². The number of hydrogen-bond acceptors (Lipinski definition) is 8. The Balaban J connectivity index is 2.40. The van der Waals surface area contributed by atoms with E-state index in [1.54, 1.807) is 0 Å². The number of morpholine rings is 1. The number of nitrogens with zero attached hydrogens (tertiary/aromatic N) is 3. The summed E-state index contributed by atoms with van der Waals surface area (Å²) in [5.74, 6) is -1.93. The molecule has 1 aromatic rings. The van der Waals surface area contributed by atoms with Gasteiger partial charge in [-0.25, -0.2) is 0 Å². The van der Waals surface area contributed by atoms with Gasteiger partial charge in [-0.3, -0.25) is 0 Å². The molecule has 0 spiro atoms. The van der Waals surface area contributed by atoms with Crippen LogP contribution in [0.2, 0.25) is 0 Å². The van der Waals surface area contributed by atoms with E-state index in [4.69, 9.17) is 26.7 Å². The Morgan fingerprint density at radius 2 is 2.38 bits per heavy atom. The van der Waals surface area contributed by atoms with Crippen LogP contribution in [0.5, 0.6) is 5.88 Å². The molecule has 0 radical (unpaired) electrons. The van der Waals surface area contributed by atoms with Gasteiger partial charge in [0, 0.05) is 33.3 Å². The Bertz CT molecular complexity index is 940. The van der Waals surface area contributed by atoms with Gasteiger partial charge in [0.25, 0.3) is 5.88 Å². The molecule has 2 N–H and O–H groups in total. The highest BCUT2D eigenvalue weighted by molar-refractivity contribution is 6.99. The van der Waals surface area contributed by atoms with Gasteiger partial charge in [-0.1, -0.05) is 0 Å². The number of nitrogens with one attached hydrogen (secondary N) is 1. The Hall–Kier alpha value is -0.960. The summed E-state index contributed by atoms with van der Waals surface area (Å²) < 4.78 is 141. The van der Waals surface area contributed by atoms with E-state index in [1.165, 1.54) is 0 Å². The van der Waals surface area contributed by atoms with Crippen molar-refractivity contribution in [3.8, 4) is 5.88 Å². The smallest absolute Gasteiger partial charge is 0.270 e. The van der Waals surface area contributed by atoms with Crippen LogP contribution in [-0.2, 0) is 4.74 Å². The van der Waals surface area contributed by atoms with Crippen molar-refractivity contribution in [2.45, 2.75) is 32.3 Å². The molecule has 8 heteroatoms. The molecular weight excluding hydrogens is 292 g/mol. The Kier molecular flexibility index (Phi) is 1.85. The Morgan fingerprint density at radius 3 is 3.10 bits per heavy atom. The molecule has 0 aliphatic carbocycles. The monoisotopic (exact) mass is 332 g/mol. The summed E-state index contributed by atoms with van der Waals surface area (Å²) in [7, 11) is 0.